The Kier molecular flexibility index (Phi) is 5.59. The van der Waals surface area contributed by atoms with Crippen LogP contribution in [-0.4, -0.2) is 14.2 Å². The lowest BCUT2D eigenvalue weighted by Gasteiger charge is -2.15. The van der Waals surface area contributed by atoms with Gasteiger partial charge >= 0.3 is 0 Å². The summed E-state index contributed by atoms with van der Waals surface area (Å²) in [5.74, 6) is 0.527. The maximum Gasteiger partial charge on any atom is 0.123 e. The van der Waals surface area contributed by atoms with Crippen molar-refractivity contribution in [2.45, 2.75) is 25.7 Å². The second kappa shape index (κ2) is 7.64. The standard InChI is InChI=1S/C19H20FNO2/c1-4-14-9-13(5-7-18(14)22-2)10-15(12-21)17-11-16(20)6-8-19(17)23-3/h5-9,11,15H,4,10H2,1-3H3. The van der Waals surface area contributed by atoms with Gasteiger partial charge in [-0.3, -0.25) is 0 Å². The van der Waals surface area contributed by atoms with Gasteiger partial charge in [0, 0.05) is 5.56 Å². The van der Waals surface area contributed by atoms with E-state index in [-0.39, 0.29) is 5.82 Å². The Morgan fingerprint density at radius 3 is 2.39 bits per heavy atom. The number of nitriles is 1. The van der Waals surface area contributed by atoms with E-state index >= 15 is 0 Å². The normalized spacial score (nSPS) is 11.6. The monoisotopic (exact) mass is 313 g/mol. The highest BCUT2D eigenvalue weighted by atomic mass is 19.1. The molecule has 0 aliphatic rings. The molecule has 3 nitrogen and oxygen atoms in total. The molecule has 0 aliphatic carbocycles. The van der Waals surface area contributed by atoms with Gasteiger partial charge in [-0.15, -0.1) is 0 Å². The van der Waals surface area contributed by atoms with Crippen LogP contribution >= 0.6 is 0 Å². The van der Waals surface area contributed by atoms with E-state index in [0.717, 1.165) is 23.3 Å². The summed E-state index contributed by atoms with van der Waals surface area (Å²) in [5.41, 5.74) is 2.68. The fourth-order valence-corrected chi connectivity index (χ4v) is 2.67. The first-order valence-corrected chi connectivity index (χ1v) is 7.51. The van der Waals surface area contributed by atoms with Gasteiger partial charge in [0.05, 0.1) is 26.2 Å². The van der Waals surface area contributed by atoms with E-state index < -0.39 is 5.92 Å². The fraction of sp³-hybridized carbons (Fsp3) is 0.316. The molecule has 0 fully saturated rings. The number of hydrogen-bond donors (Lipinski definition) is 0. The zero-order valence-electron chi connectivity index (χ0n) is 13.6. The fourth-order valence-electron chi connectivity index (χ4n) is 2.67. The van der Waals surface area contributed by atoms with Gasteiger partial charge in [-0.25, -0.2) is 4.39 Å². The summed E-state index contributed by atoms with van der Waals surface area (Å²) in [6.45, 7) is 2.05. The van der Waals surface area contributed by atoms with Crippen molar-refractivity contribution < 1.29 is 13.9 Å². The van der Waals surface area contributed by atoms with Gasteiger partial charge in [0.1, 0.15) is 17.3 Å². The maximum atomic E-state index is 13.6. The molecule has 0 saturated carbocycles. The molecule has 0 radical (unpaired) electrons. The lowest BCUT2D eigenvalue weighted by atomic mass is 9.91. The van der Waals surface area contributed by atoms with Crippen LogP contribution in [0.1, 0.15) is 29.5 Å². The number of rotatable bonds is 6. The molecular formula is C19H20FNO2. The summed E-state index contributed by atoms with van der Waals surface area (Å²) in [6.07, 6.45) is 1.34. The van der Waals surface area contributed by atoms with Crippen LogP contribution in [0.15, 0.2) is 36.4 Å². The number of ether oxygens (including phenoxy) is 2. The molecule has 0 aliphatic heterocycles. The van der Waals surface area contributed by atoms with Crippen LogP contribution in [0, 0.1) is 17.1 Å². The van der Waals surface area contributed by atoms with Crippen LogP contribution in [0.2, 0.25) is 0 Å². The van der Waals surface area contributed by atoms with Crippen LogP contribution in [0.4, 0.5) is 4.39 Å². The molecule has 0 saturated heterocycles. The van der Waals surface area contributed by atoms with Gasteiger partial charge in [0.25, 0.3) is 0 Å². The smallest absolute Gasteiger partial charge is 0.123 e. The van der Waals surface area contributed by atoms with Crippen molar-refractivity contribution in [3.05, 3.63) is 58.9 Å². The van der Waals surface area contributed by atoms with Crippen molar-refractivity contribution in [3.8, 4) is 17.6 Å². The van der Waals surface area contributed by atoms with E-state index in [2.05, 4.69) is 13.0 Å². The molecule has 2 rings (SSSR count). The number of nitrogens with zero attached hydrogens (tertiary/aromatic N) is 1. The highest BCUT2D eigenvalue weighted by Gasteiger charge is 2.18. The van der Waals surface area contributed by atoms with E-state index in [9.17, 15) is 9.65 Å². The molecule has 0 heterocycles. The lowest BCUT2D eigenvalue weighted by Crippen LogP contribution is -2.04. The van der Waals surface area contributed by atoms with Crippen LogP contribution in [0.3, 0.4) is 0 Å². The van der Waals surface area contributed by atoms with Crippen molar-refractivity contribution in [2.24, 2.45) is 0 Å². The molecular weight excluding hydrogens is 293 g/mol. The van der Waals surface area contributed by atoms with E-state index in [0.29, 0.717) is 17.7 Å². The average molecular weight is 313 g/mol. The third kappa shape index (κ3) is 3.81. The molecule has 2 aromatic carbocycles. The van der Waals surface area contributed by atoms with Crippen molar-refractivity contribution in [2.75, 3.05) is 14.2 Å². The molecule has 2 aromatic rings. The van der Waals surface area contributed by atoms with Gasteiger partial charge in [-0.2, -0.15) is 5.26 Å². The quantitative estimate of drug-likeness (QED) is 0.800. The predicted molar refractivity (Wildman–Crippen MR) is 87.4 cm³/mol. The molecule has 23 heavy (non-hydrogen) atoms. The Morgan fingerprint density at radius 1 is 1.09 bits per heavy atom. The van der Waals surface area contributed by atoms with Crippen LogP contribution in [-0.2, 0) is 12.8 Å². The highest BCUT2D eigenvalue weighted by molar-refractivity contribution is 5.43. The number of benzene rings is 2. The van der Waals surface area contributed by atoms with Gasteiger partial charge < -0.3 is 9.47 Å². The Bertz CT molecular complexity index is 722. The summed E-state index contributed by atoms with van der Waals surface area (Å²) >= 11 is 0. The second-order valence-corrected chi connectivity index (χ2v) is 5.27. The number of aryl methyl sites for hydroxylation is 1. The summed E-state index contributed by atoms with van der Waals surface area (Å²) in [4.78, 5) is 0. The minimum absolute atomic E-state index is 0.370. The maximum absolute atomic E-state index is 13.6. The molecule has 0 spiro atoms. The lowest BCUT2D eigenvalue weighted by molar-refractivity contribution is 0.406. The second-order valence-electron chi connectivity index (χ2n) is 5.27. The predicted octanol–water partition coefficient (Wildman–Crippen LogP) is 4.26. The Balaban J connectivity index is 2.34. The molecule has 120 valence electrons. The van der Waals surface area contributed by atoms with E-state index in [4.69, 9.17) is 9.47 Å². The summed E-state index contributed by atoms with van der Waals surface area (Å²) < 4.78 is 24.1. The van der Waals surface area contributed by atoms with Crippen LogP contribution < -0.4 is 9.47 Å². The van der Waals surface area contributed by atoms with E-state index in [1.807, 2.05) is 18.2 Å². The summed E-state index contributed by atoms with van der Waals surface area (Å²) in [7, 11) is 3.16. The largest absolute Gasteiger partial charge is 0.496 e. The average Bonchev–Trinajstić information content (AvgIpc) is 2.59. The molecule has 1 atom stereocenters. The molecule has 0 N–H and O–H groups in total. The van der Waals surface area contributed by atoms with Crippen molar-refractivity contribution in [1.82, 2.24) is 0 Å². The molecule has 4 heteroatoms. The Labute approximate surface area is 136 Å². The third-order valence-electron chi connectivity index (χ3n) is 3.89. The number of methoxy groups -OCH3 is 2. The number of hydrogen-bond acceptors (Lipinski definition) is 3. The van der Waals surface area contributed by atoms with Gasteiger partial charge in [-0.05, 0) is 48.2 Å². The SMILES string of the molecule is CCc1cc(CC(C#N)c2cc(F)ccc2OC)ccc1OC. The molecule has 0 bridgehead atoms. The first kappa shape index (κ1) is 16.8. The van der Waals surface area contributed by atoms with Gasteiger partial charge in [0.2, 0.25) is 0 Å². The zero-order chi connectivity index (χ0) is 16.8. The van der Waals surface area contributed by atoms with Crippen LogP contribution in [0.25, 0.3) is 0 Å². The van der Waals surface area contributed by atoms with Gasteiger partial charge in [0.15, 0.2) is 0 Å². The van der Waals surface area contributed by atoms with Crippen molar-refractivity contribution in [3.63, 3.8) is 0 Å². The van der Waals surface area contributed by atoms with E-state index in [1.165, 1.54) is 19.2 Å². The zero-order valence-corrected chi connectivity index (χ0v) is 13.6. The highest BCUT2D eigenvalue weighted by Crippen LogP contribution is 2.31. The molecule has 1 unspecified atom stereocenters. The van der Waals surface area contributed by atoms with Gasteiger partial charge in [-0.1, -0.05) is 19.1 Å². The molecule has 0 aromatic heterocycles. The topological polar surface area (TPSA) is 42.2 Å². The first-order valence-electron chi connectivity index (χ1n) is 7.51. The van der Waals surface area contributed by atoms with Crippen molar-refractivity contribution in [1.29, 1.82) is 5.26 Å². The Morgan fingerprint density at radius 2 is 1.78 bits per heavy atom. The summed E-state index contributed by atoms with van der Waals surface area (Å²) in [6, 6.07) is 12.4. The van der Waals surface area contributed by atoms with E-state index in [1.54, 1.807) is 13.2 Å². The Hall–Kier alpha value is -2.54. The summed E-state index contributed by atoms with van der Waals surface area (Å²) in [5, 5.41) is 9.53. The van der Waals surface area contributed by atoms with Crippen LogP contribution in [0.5, 0.6) is 11.5 Å². The molecule has 0 amide bonds. The number of halogens is 1. The third-order valence-corrected chi connectivity index (χ3v) is 3.89. The van der Waals surface area contributed by atoms with Crippen molar-refractivity contribution >= 4 is 0 Å². The minimum Gasteiger partial charge on any atom is -0.496 e. The minimum atomic E-state index is -0.473. The first-order chi connectivity index (χ1) is 11.1.